The van der Waals surface area contributed by atoms with Gasteiger partial charge in [-0.05, 0) is 31.0 Å². The number of hydrogen-bond donors (Lipinski definition) is 1. The van der Waals surface area contributed by atoms with Crippen LogP contribution in [-0.4, -0.2) is 30.7 Å². The lowest BCUT2D eigenvalue weighted by atomic mass is 9.98. The fourth-order valence-electron chi connectivity index (χ4n) is 4.02. The maximum Gasteiger partial charge on any atom is 0.272 e. The van der Waals surface area contributed by atoms with Gasteiger partial charge in [0.2, 0.25) is 0 Å². The predicted molar refractivity (Wildman–Crippen MR) is 119 cm³/mol. The molecule has 0 aromatic heterocycles. The van der Waals surface area contributed by atoms with Gasteiger partial charge in [-0.1, -0.05) is 48.9 Å². The number of benzene rings is 3. The van der Waals surface area contributed by atoms with Gasteiger partial charge < -0.3 is 14.6 Å². The molecule has 1 aliphatic heterocycles. The van der Waals surface area contributed by atoms with Crippen molar-refractivity contribution in [2.75, 3.05) is 18.1 Å². The van der Waals surface area contributed by atoms with Crippen molar-refractivity contribution >= 4 is 34.0 Å². The van der Waals surface area contributed by atoms with E-state index in [-0.39, 0.29) is 29.2 Å². The largest absolute Gasteiger partial charge is 0.492 e. The summed E-state index contributed by atoms with van der Waals surface area (Å²) in [4.78, 5) is 14.7. The lowest BCUT2D eigenvalue weighted by Gasteiger charge is -2.23. The second-order valence-electron chi connectivity index (χ2n) is 7.32. The molecule has 0 spiro atoms. The predicted octanol–water partition coefficient (Wildman–Crippen LogP) is 5.75. The fraction of sp³-hybridized carbons (Fsp3) is 0.292. The Balaban J connectivity index is 1.97. The number of alkyl halides is 2. The van der Waals surface area contributed by atoms with Crippen LogP contribution in [0.1, 0.15) is 41.6 Å². The van der Waals surface area contributed by atoms with Gasteiger partial charge in [0.15, 0.2) is 6.23 Å². The summed E-state index contributed by atoms with van der Waals surface area (Å²) < 4.78 is 37.3. The molecule has 4 rings (SSSR count). The summed E-state index contributed by atoms with van der Waals surface area (Å²) >= 11 is 6.44. The summed E-state index contributed by atoms with van der Waals surface area (Å²) in [5.41, 5.74) is 1.45. The number of ether oxygens (including phenoxy) is 2. The molecule has 1 heterocycles. The zero-order valence-electron chi connectivity index (χ0n) is 17.6. The Hall–Kier alpha value is -2.90. The first-order valence-corrected chi connectivity index (χ1v) is 10.7. The average molecular weight is 462 g/mol. The molecular formula is C24H22ClF2NO4. The molecule has 0 saturated heterocycles. The number of aliphatic hydroxyl groups is 1. The van der Waals surface area contributed by atoms with Gasteiger partial charge in [-0.25, -0.2) is 8.78 Å². The van der Waals surface area contributed by atoms with E-state index in [4.69, 9.17) is 21.1 Å². The molecule has 3 aromatic rings. The highest BCUT2D eigenvalue weighted by molar-refractivity contribution is 6.34. The highest BCUT2D eigenvalue weighted by Crippen LogP contribution is 2.50. The van der Waals surface area contributed by atoms with Gasteiger partial charge in [-0.3, -0.25) is 9.69 Å². The second-order valence-corrected chi connectivity index (χ2v) is 7.72. The van der Waals surface area contributed by atoms with Crippen LogP contribution in [0.5, 0.6) is 11.5 Å². The smallest absolute Gasteiger partial charge is 0.272 e. The van der Waals surface area contributed by atoms with Crippen molar-refractivity contribution in [1.29, 1.82) is 0 Å². The number of halogens is 3. The zero-order valence-corrected chi connectivity index (χ0v) is 18.3. The third kappa shape index (κ3) is 3.65. The molecule has 0 radical (unpaired) electrons. The van der Waals surface area contributed by atoms with Gasteiger partial charge in [-0.15, -0.1) is 0 Å². The van der Waals surface area contributed by atoms with Crippen molar-refractivity contribution in [2.24, 2.45) is 0 Å². The molecule has 0 saturated carbocycles. The molecule has 168 valence electrons. The van der Waals surface area contributed by atoms with E-state index in [1.54, 1.807) is 43.3 Å². The van der Waals surface area contributed by atoms with E-state index in [1.807, 2.05) is 13.0 Å². The number of anilines is 1. The van der Waals surface area contributed by atoms with Gasteiger partial charge in [-0.2, -0.15) is 0 Å². The SMILES string of the molecule is CCOc1c2c(c(OCC(F)F)c3ccccc13)C(O)N(c1ccc(CC)cc1Cl)C2=O. The number of carbonyl (C=O) groups is 1. The molecule has 1 unspecified atom stereocenters. The van der Waals surface area contributed by atoms with E-state index >= 15 is 0 Å². The van der Waals surface area contributed by atoms with Crippen molar-refractivity contribution in [1.82, 2.24) is 0 Å². The summed E-state index contributed by atoms with van der Waals surface area (Å²) in [6.07, 6.45) is -3.46. The first-order chi connectivity index (χ1) is 15.4. The van der Waals surface area contributed by atoms with Crippen LogP contribution in [0.4, 0.5) is 14.5 Å². The Kier molecular flexibility index (Phi) is 6.22. The number of aliphatic hydroxyl groups excluding tert-OH is 1. The third-order valence-corrected chi connectivity index (χ3v) is 5.72. The summed E-state index contributed by atoms with van der Waals surface area (Å²) in [5.74, 6) is -0.242. The van der Waals surface area contributed by atoms with Crippen molar-refractivity contribution in [3.63, 3.8) is 0 Å². The topological polar surface area (TPSA) is 59.0 Å². The molecule has 0 fully saturated rings. The Morgan fingerprint density at radius 3 is 2.38 bits per heavy atom. The standard InChI is InChI=1S/C24H22ClF2NO4/c1-3-13-9-10-17(16(25)11-13)28-23(29)19-20(24(28)30)22(32-12-18(26)27)15-8-6-5-7-14(15)21(19)31-4-2/h5-11,18,24,30H,3-4,12H2,1-2H3. The minimum Gasteiger partial charge on any atom is -0.492 e. The monoisotopic (exact) mass is 461 g/mol. The zero-order chi connectivity index (χ0) is 23.0. The fourth-order valence-corrected chi connectivity index (χ4v) is 4.31. The van der Waals surface area contributed by atoms with E-state index in [9.17, 15) is 18.7 Å². The van der Waals surface area contributed by atoms with Crippen LogP contribution in [0.3, 0.4) is 0 Å². The molecule has 3 aromatic carbocycles. The molecule has 8 heteroatoms. The van der Waals surface area contributed by atoms with Gasteiger partial charge >= 0.3 is 0 Å². The normalized spacial score (nSPS) is 15.5. The van der Waals surface area contributed by atoms with Crippen molar-refractivity contribution in [2.45, 2.75) is 32.9 Å². The Labute approximate surface area is 189 Å². The van der Waals surface area contributed by atoms with Crippen molar-refractivity contribution in [3.8, 4) is 11.5 Å². The van der Waals surface area contributed by atoms with E-state index in [1.165, 1.54) is 0 Å². The molecule has 1 aliphatic rings. The molecule has 1 amide bonds. The van der Waals surface area contributed by atoms with Crippen LogP contribution in [0.2, 0.25) is 5.02 Å². The molecule has 1 N–H and O–H groups in total. The van der Waals surface area contributed by atoms with E-state index in [2.05, 4.69) is 0 Å². The maximum atomic E-state index is 13.6. The first-order valence-electron chi connectivity index (χ1n) is 10.3. The summed E-state index contributed by atoms with van der Waals surface area (Å²) in [5, 5.41) is 12.5. The Morgan fingerprint density at radius 1 is 1.09 bits per heavy atom. The molecule has 32 heavy (non-hydrogen) atoms. The van der Waals surface area contributed by atoms with Crippen LogP contribution in [0.25, 0.3) is 10.8 Å². The van der Waals surface area contributed by atoms with Gasteiger partial charge in [0.25, 0.3) is 12.3 Å². The van der Waals surface area contributed by atoms with Crippen LogP contribution in [-0.2, 0) is 6.42 Å². The molecule has 1 atom stereocenters. The quantitative estimate of drug-likeness (QED) is 0.486. The average Bonchev–Trinajstić information content (AvgIpc) is 3.03. The maximum absolute atomic E-state index is 13.6. The highest BCUT2D eigenvalue weighted by Gasteiger charge is 2.44. The van der Waals surface area contributed by atoms with Crippen LogP contribution in [0.15, 0.2) is 42.5 Å². The first kappa shape index (κ1) is 22.3. The van der Waals surface area contributed by atoms with Gasteiger partial charge in [0.1, 0.15) is 18.1 Å². The Morgan fingerprint density at radius 2 is 1.78 bits per heavy atom. The van der Waals surface area contributed by atoms with E-state index in [0.717, 1.165) is 16.9 Å². The number of fused-ring (bicyclic) bond motifs is 2. The van der Waals surface area contributed by atoms with E-state index in [0.29, 0.717) is 21.5 Å². The van der Waals surface area contributed by atoms with E-state index < -0.39 is 25.2 Å². The molecule has 5 nitrogen and oxygen atoms in total. The lowest BCUT2D eigenvalue weighted by molar-refractivity contribution is 0.0796. The summed E-state index contributed by atoms with van der Waals surface area (Å²) in [7, 11) is 0. The lowest BCUT2D eigenvalue weighted by Crippen LogP contribution is -2.28. The van der Waals surface area contributed by atoms with Crippen LogP contribution >= 0.6 is 11.6 Å². The molecule has 0 bridgehead atoms. The summed E-state index contributed by atoms with van der Waals surface area (Å²) in [6, 6.07) is 12.1. The van der Waals surface area contributed by atoms with Crippen molar-refractivity contribution in [3.05, 3.63) is 64.2 Å². The van der Waals surface area contributed by atoms with Gasteiger partial charge in [0, 0.05) is 10.8 Å². The van der Waals surface area contributed by atoms with Crippen LogP contribution < -0.4 is 14.4 Å². The number of rotatable bonds is 7. The van der Waals surface area contributed by atoms with Gasteiger partial charge in [0.05, 0.1) is 28.4 Å². The summed E-state index contributed by atoms with van der Waals surface area (Å²) in [6.45, 7) is 3.14. The number of hydrogen-bond acceptors (Lipinski definition) is 4. The number of nitrogens with zero attached hydrogens (tertiary/aromatic N) is 1. The van der Waals surface area contributed by atoms with Crippen molar-refractivity contribution < 1.29 is 28.2 Å². The number of carbonyl (C=O) groups excluding carboxylic acids is 1. The molecular weight excluding hydrogens is 440 g/mol. The minimum absolute atomic E-state index is 0.0315. The Bertz CT molecular complexity index is 1180. The molecule has 0 aliphatic carbocycles. The second kappa shape index (κ2) is 8.92. The van der Waals surface area contributed by atoms with Crippen LogP contribution in [0, 0.1) is 0 Å². The number of amides is 1. The minimum atomic E-state index is -2.72. The number of aryl methyl sites for hydroxylation is 1. The highest BCUT2D eigenvalue weighted by atomic mass is 35.5. The third-order valence-electron chi connectivity index (χ3n) is 5.41.